The molecule has 1 unspecified atom stereocenters. The summed E-state index contributed by atoms with van der Waals surface area (Å²) in [5.74, 6) is 1.31. The summed E-state index contributed by atoms with van der Waals surface area (Å²) in [5, 5.41) is 0. The molecule has 18 heavy (non-hydrogen) atoms. The molecule has 0 saturated heterocycles. The Morgan fingerprint density at radius 2 is 1.94 bits per heavy atom. The maximum Gasteiger partial charge on any atom is 0.119 e. The molecule has 0 aliphatic heterocycles. The van der Waals surface area contributed by atoms with Crippen molar-refractivity contribution < 1.29 is 4.74 Å². The Kier molecular flexibility index (Phi) is 6.73. The van der Waals surface area contributed by atoms with Crippen molar-refractivity contribution in [1.82, 2.24) is 0 Å². The minimum Gasteiger partial charge on any atom is -0.494 e. The van der Waals surface area contributed by atoms with Crippen LogP contribution in [0.15, 0.2) is 24.3 Å². The minimum absolute atomic E-state index is 0.372. The molecule has 1 aromatic carbocycles. The molecule has 0 aliphatic rings. The number of rotatable bonds is 8. The molecule has 0 bridgehead atoms. The molecule has 0 radical (unpaired) electrons. The summed E-state index contributed by atoms with van der Waals surface area (Å²) < 4.78 is 5.67. The third-order valence-electron chi connectivity index (χ3n) is 2.97. The number of ether oxygens (including phenoxy) is 1. The molecule has 2 nitrogen and oxygen atoms in total. The molecule has 0 fully saturated rings. The second-order valence-corrected chi connectivity index (χ2v) is 5.22. The normalized spacial score (nSPS) is 12.1. The van der Waals surface area contributed by atoms with Crippen molar-refractivity contribution >= 4 is 17.2 Å². The van der Waals surface area contributed by atoms with Crippen LogP contribution in [0.3, 0.4) is 0 Å². The van der Waals surface area contributed by atoms with E-state index in [1.54, 1.807) is 0 Å². The Morgan fingerprint density at radius 1 is 1.28 bits per heavy atom. The first kappa shape index (κ1) is 15.0. The van der Waals surface area contributed by atoms with E-state index in [1.165, 1.54) is 18.4 Å². The summed E-state index contributed by atoms with van der Waals surface area (Å²) in [6.45, 7) is 5.13. The molecule has 0 spiro atoms. The average molecular weight is 265 g/mol. The lowest BCUT2D eigenvalue weighted by Crippen LogP contribution is -2.11. The Labute approximate surface area is 116 Å². The molecule has 1 aromatic rings. The predicted molar refractivity (Wildman–Crippen MR) is 81.3 cm³/mol. The number of unbranched alkanes of at least 4 members (excludes halogenated alkanes) is 2. The maximum absolute atomic E-state index is 5.67. The highest BCUT2D eigenvalue weighted by molar-refractivity contribution is 7.80. The van der Waals surface area contributed by atoms with Gasteiger partial charge in [-0.25, -0.2) is 0 Å². The van der Waals surface area contributed by atoms with Crippen molar-refractivity contribution in [1.29, 1.82) is 0 Å². The summed E-state index contributed by atoms with van der Waals surface area (Å²) >= 11 is 4.93. The molecule has 100 valence electrons. The molecule has 2 N–H and O–H groups in total. The first-order valence-electron chi connectivity index (χ1n) is 6.64. The quantitative estimate of drug-likeness (QED) is 0.569. The smallest absolute Gasteiger partial charge is 0.119 e. The predicted octanol–water partition coefficient (Wildman–Crippen LogP) is 4.04. The maximum atomic E-state index is 5.67. The van der Waals surface area contributed by atoms with Gasteiger partial charge in [0.05, 0.1) is 11.6 Å². The lowest BCUT2D eigenvalue weighted by molar-refractivity contribution is 0.306. The van der Waals surface area contributed by atoms with E-state index < -0.39 is 0 Å². The van der Waals surface area contributed by atoms with Gasteiger partial charge in [-0.2, -0.15) is 0 Å². The lowest BCUT2D eigenvalue weighted by atomic mass is 9.98. The summed E-state index contributed by atoms with van der Waals surface area (Å²) in [7, 11) is 0. The van der Waals surface area contributed by atoms with Gasteiger partial charge in [0.1, 0.15) is 5.75 Å². The van der Waals surface area contributed by atoms with Crippen LogP contribution >= 0.6 is 12.2 Å². The Morgan fingerprint density at radius 3 is 2.50 bits per heavy atom. The highest BCUT2D eigenvalue weighted by Crippen LogP contribution is 2.22. The van der Waals surface area contributed by atoms with Gasteiger partial charge in [0.25, 0.3) is 0 Å². The summed E-state index contributed by atoms with van der Waals surface area (Å²) in [6, 6.07) is 8.24. The minimum atomic E-state index is 0.372. The lowest BCUT2D eigenvalue weighted by Gasteiger charge is -2.12. The van der Waals surface area contributed by atoms with Crippen LogP contribution in [0.2, 0.25) is 0 Å². The molecular weight excluding hydrogens is 242 g/mol. The van der Waals surface area contributed by atoms with Crippen LogP contribution in [0, 0.1) is 0 Å². The van der Waals surface area contributed by atoms with Crippen molar-refractivity contribution in [2.75, 3.05) is 6.61 Å². The van der Waals surface area contributed by atoms with Crippen LogP contribution in [0.5, 0.6) is 5.75 Å². The molecule has 1 rings (SSSR count). The van der Waals surface area contributed by atoms with E-state index in [-0.39, 0.29) is 0 Å². The first-order chi connectivity index (χ1) is 8.63. The van der Waals surface area contributed by atoms with E-state index in [4.69, 9.17) is 22.7 Å². The molecule has 0 saturated carbocycles. The van der Waals surface area contributed by atoms with Crippen molar-refractivity contribution in [3.63, 3.8) is 0 Å². The highest BCUT2D eigenvalue weighted by atomic mass is 32.1. The van der Waals surface area contributed by atoms with Gasteiger partial charge in [-0.15, -0.1) is 0 Å². The molecule has 0 aromatic heterocycles. The van der Waals surface area contributed by atoms with Gasteiger partial charge in [-0.1, -0.05) is 51.0 Å². The van der Waals surface area contributed by atoms with Crippen LogP contribution in [0.1, 0.15) is 51.0 Å². The van der Waals surface area contributed by atoms with E-state index >= 15 is 0 Å². The number of benzene rings is 1. The van der Waals surface area contributed by atoms with Crippen molar-refractivity contribution in [2.45, 2.75) is 45.4 Å². The Hall–Kier alpha value is -1.09. The standard InChI is InChI=1S/C15H23NOS/c1-3-4-5-10-17-14-8-6-13(7-9-14)12(2)11-15(16)18/h6-9,12H,3-5,10-11H2,1-2H3,(H2,16,18). The topological polar surface area (TPSA) is 35.2 Å². The zero-order chi connectivity index (χ0) is 13.4. The molecule has 0 heterocycles. The van der Waals surface area contributed by atoms with E-state index in [0.717, 1.165) is 25.2 Å². The summed E-state index contributed by atoms with van der Waals surface area (Å²) in [4.78, 5) is 0.572. The Balaban J connectivity index is 2.44. The monoisotopic (exact) mass is 265 g/mol. The zero-order valence-corrected chi connectivity index (χ0v) is 12.1. The highest BCUT2D eigenvalue weighted by Gasteiger charge is 2.06. The fourth-order valence-electron chi connectivity index (χ4n) is 1.85. The van der Waals surface area contributed by atoms with E-state index in [1.807, 2.05) is 12.1 Å². The van der Waals surface area contributed by atoms with Crippen molar-refractivity contribution in [3.8, 4) is 5.75 Å². The van der Waals surface area contributed by atoms with Crippen LogP contribution < -0.4 is 10.5 Å². The van der Waals surface area contributed by atoms with Gasteiger partial charge in [0.15, 0.2) is 0 Å². The van der Waals surface area contributed by atoms with E-state index in [2.05, 4.69) is 26.0 Å². The molecule has 1 atom stereocenters. The number of thiocarbonyl (C=S) groups is 1. The van der Waals surface area contributed by atoms with Crippen molar-refractivity contribution in [3.05, 3.63) is 29.8 Å². The van der Waals surface area contributed by atoms with Gasteiger partial charge in [-0.05, 0) is 30.0 Å². The average Bonchev–Trinajstić information content (AvgIpc) is 2.34. The molecule has 0 aliphatic carbocycles. The zero-order valence-electron chi connectivity index (χ0n) is 11.3. The van der Waals surface area contributed by atoms with Gasteiger partial charge >= 0.3 is 0 Å². The third-order valence-corrected chi connectivity index (χ3v) is 3.14. The number of hydrogen-bond acceptors (Lipinski definition) is 2. The number of nitrogens with two attached hydrogens (primary N) is 1. The van der Waals surface area contributed by atoms with E-state index in [0.29, 0.717) is 10.9 Å². The van der Waals surface area contributed by atoms with Crippen LogP contribution in [-0.4, -0.2) is 11.6 Å². The largest absolute Gasteiger partial charge is 0.494 e. The fraction of sp³-hybridized carbons (Fsp3) is 0.533. The molecule has 0 amide bonds. The van der Waals surface area contributed by atoms with Crippen molar-refractivity contribution in [2.24, 2.45) is 5.73 Å². The third kappa shape index (κ3) is 5.50. The second kappa shape index (κ2) is 8.09. The first-order valence-corrected chi connectivity index (χ1v) is 7.05. The van der Waals surface area contributed by atoms with E-state index in [9.17, 15) is 0 Å². The SMILES string of the molecule is CCCCCOc1ccc(C(C)CC(N)=S)cc1. The van der Waals surface area contributed by atoms with Crippen LogP contribution in [0.4, 0.5) is 0 Å². The van der Waals surface area contributed by atoms with Gasteiger partial charge in [0.2, 0.25) is 0 Å². The second-order valence-electron chi connectivity index (χ2n) is 4.70. The Bertz CT molecular complexity index is 361. The molecule has 3 heteroatoms. The van der Waals surface area contributed by atoms with Crippen LogP contribution in [-0.2, 0) is 0 Å². The number of hydrogen-bond donors (Lipinski definition) is 1. The summed E-state index contributed by atoms with van der Waals surface area (Å²) in [5.41, 5.74) is 6.81. The van der Waals surface area contributed by atoms with Gasteiger partial charge in [-0.3, -0.25) is 0 Å². The van der Waals surface area contributed by atoms with Gasteiger partial charge < -0.3 is 10.5 Å². The summed E-state index contributed by atoms with van der Waals surface area (Å²) in [6.07, 6.45) is 4.32. The molecular formula is C15H23NOS. The fourth-order valence-corrected chi connectivity index (χ4v) is 2.10. The van der Waals surface area contributed by atoms with Crippen LogP contribution in [0.25, 0.3) is 0 Å². The van der Waals surface area contributed by atoms with Gasteiger partial charge in [0, 0.05) is 6.42 Å².